The van der Waals surface area contributed by atoms with Gasteiger partial charge in [-0.3, -0.25) is 0 Å². The summed E-state index contributed by atoms with van der Waals surface area (Å²) in [5.74, 6) is 0. The molecule has 0 heterocycles. The van der Waals surface area contributed by atoms with Crippen LogP contribution in [0.25, 0.3) is 0 Å². The lowest BCUT2D eigenvalue weighted by atomic mass is 10.0. The van der Waals surface area contributed by atoms with Crippen LogP contribution in [-0.2, 0) is 0 Å². The molecule has 0 radical (unpaired) electrons. The maximum absolute atomic E-state index is 6.29. The van der Waals surface area contributed by atoms with Crippen LogP contribution in [0.1, 0.15) is 45.2 Å². The van der Waals surface area contributed by atoms with Crippen LogP contribution in [0, 0.1) is 0 Å². The molecule has 1 aromatic carbocycles. The SMILES string of the molecule is CCCN(CC)CCNC(CC)c1ccc(Cl)cc1Cl. The second-order valence-corrected chi connectivity index (χ2v) is 5.86. The van der Waals surface area contributed by atoms with Crippen LogP contribution in [0.5, 0.6) is 0 Å². The van der Waals surface area contributed by atoms with Crippen LogP contribution < -0.4 is 5.32 Å². The first-order chi connectivity index (χ1) is 9.62. The largest absolute Gasteiger partial charge is 0.309 e. The Labute approximate surface area is 133 Å². The average molecular weight is 317 g/mol. The highest BCUT2D eigenvalue weighted by molar-refractivity contribution is 6.35. The molecule has 0 aliphatic carbocycles. The van der Waals surface area contributed by atoms with Gasteiger partial charge in [0.15, 0.2) is 0 Å². The number of nitrogens with one attached hydrogen (secondary N) is 1. The fourth-order valence-corrected chi connectivity index (χ4v) is 2.94. The van der Waals surface area contributed by atoms with Crippen LogP contribution in [0.2, 0.25) is 10.0 Å². The second kappa shape index (κ2) is 9.62. The maximum atomic E-state index is 6.29. The van der Waals surface area contributed by atoms with Crippen molar-refractivity contribution in [3.63, 3.8) is 0 Å². The van der Waals surface area contributed by atoms with Gasteiger partial charge in [-0.25, -0.2) is 0 Å². The zero-order valence-corrected chi connectivity index (χ0v) is 14.3. The Kier molecular flexibility index (Phi) is 8.55. The van der Waals surface area contributed by atoms with E-state index >= 15 is 0 Å². The van der Waals surface area contributed by atoms with E-state index in [1.165, 1.54) is 6.42 Å². The molecule has 1 unspecified atom stereocenters. The van der Waals surface area contributed by atoms with Crippen molar-refractivity contribution < 1.29 is 0 Å². The van der Waals surface area contributed by atoms with Gasteiger partial charge in [-0.1, -0.05) is 50.0 Å². The zero-order chi connectivity index (χ0) is 15.0. The van der Waals surface area contributed by atoms with E-state index in [1.54, 1.807) is 0 Å². The molecule has 0 aromatic heterocycles. The number of halogens is 2. The van der Waals surface area contributed by atoms with Gasteiger partial charge in [0.1, 0.15) is 0 Å². The topological polar surface area (TPSA) is 15.3 Å². The molecule has 1 atom stereocenters. The molecule has 0 fully saturated rings. The molecule has 2 nitrogen and oxygen atoms in total. The van der Waals surface area contributed by atoms with E-state index < -0.39 is 0 Å². The summed E-state index contributed by atoms with van der Waals surface area (Å²) in [6.45, 7) is 10.9. The predicted molar refractivity (Wildman–Crippen MR) is 89.9 cm³/mol. The number of likely N-dealkylation sites (N-methyl/N-ethyl adjacent to an activating group) is 1. The van der Waals surface area contributed by atoms with Gasteiger partial charge in [-0.2, -0.15) is 0 Å². The van der Waals surface area contributed by atoms with Crippen molar-refractivity contribution in [1.29, 1.82) is 0 Å². The number of benzene rings is 1. The van der Waals surface area contributed by atoms with E-state index in [0.717, 1.165) is 43.2 Å². The van der Waals surface area contributed by atoms with Crippen molar-refractivity contribution in [1.82, 2.24) is 10.2 Å². The molecule has 114 valence electrons. The Morgan fingerprint density at radius 1 is 1.15 bits per heavy atom. The van der Waals surface area contributed by atoms with Gasteiger partial charge >= 0.3 is 0 Å². The van der Waals surface area contributed by atoms with Crippen molar-refractivity contribution in [3.05, 3.63) is 33.8 Å². The molecule has 4 heteroatoms. The number of hydrogen-bond donors (Lipinski definition) is 1. The molecular weight excluding hydrogens is 291 g/mol. The van der Waals surface area contributed by atoms with Gasteiger partial charge in [-0.15, -0.1) is 0 Å². The van der Waals surface area contributed by atoms with E-state index in [4.69, 9.17) is 23.2 Å². The minimum Gasteiger partial charge on any atom is -0.309 e. The smallest absolute Gasteiger partial charge is 0.0468 e. The summed E-state index contributed by atoms with van der Waals surface area (Å²) >= 11 is 12.2. The van der Waals surface area contributed by atoms with Crippen LogP contribution in [0.4, 0.5) is 0 Å². The van der Waals surface area contributed by atoms with Gasteiger partial charge in [0.25, 0.3) is 0 Å². The van der Waals surface area contributed by atoms with Gasteiger partial charge in [-0.05, 0) is 43.6 Å². The monoisotopic (exact) mass is 316 g/mol. The van der Waals surface area contributed by atoms with Gasteiger partial charge in [0.05, 0.1) is 0 Å². The zero-order valence-electron chi connectivity index (χ0n) is 12.8. The number of nitrogens with zero attached hydrogens (tertiary/aromatic N) is 1. The van der Waals surface area contributed by atoms with Crippen molar-refractivity contribution in [3.8, 4) is 0 Å². The molecule has 0 saturated carbocycles. The lowest BCUT2D eigenvalue weighted by Gasteiger charge is -2.23. The van der Waals surface area contributed by atoms with E-state index in [0.29, 0.717) is 11.1 Å². The van der Waals surface area contributed by atoms with E-state index in [-0.39, 0.29) is 0 Å². The molecule has 0 aliphatic rings. The molecular formula is C16H26Cl2N2. The van der Waals surface area contributed by atoms with Crippen LogP contribution >= 0.6 is 23.2 Å². The fourth-order valence-electron chi connectivity index (χ4n) is 2.40. The van der Waals surface area contributed by atoms with E-state index in [1.807, 2.05) is 18.2 Å². The summed E-state index contributed by atoms with van der Waals surface area (Å²) in [4.78, 5) is 2.46. The second-order valence-electron chi connectivity index (χ2n) is 5.02. The Hall–Kier alpha value is -0.280. The molecule has 0 bridgehead atoms. The lowest BCUT2D eigenvalue weighted by molar-refractivity contribution is 0.282. The Morgan fingerprint density at radius 3 is 2.45 bits per heavy atom. The normalized spacial score (nSPS) is 12.9. The molecule has 0 amide bonds. The summed E-state index contributed by atoms with van der Waals surface area (Å²) < 4.78 is 0. The summed E-state index contributed by atoms with van der Waals surface area (Å²) in [6.07, 6.45) is 2.22. The molecule has 1 aromatic rings. The standard InChI is InChI=1S/C16H26Cl2N2/c1-4-10-20(6-3)11-9-19-16(5-2)14-8-7-13(17)12-15(14)18/h7-8,12,16,19H,4-6,9-11H2,1-3H3. The van der Waals surface area contributed by atoms with Crippen molar-refractivity contribution in [2.45, 2.75) is 39.7 Å². The first-order valence-corrected chi connectivity index (χ1v) is 8.28. The maximum Gasteiger partial charge on any atom is 0.0468 e. The number of hydrogen-bond acceptors (Lipinski definition) is 2. The highest BCUT2D eigenvalue weighted by atomic mass is 35.5. The fraction of sp³-hybridized carbons (Fsp3) is 0.625. The summed E-state index contributed by atoms with van der Waals surface area (Å²) in [6, 6.07) is 6.04. The van der Waals surface area contributed by atoms with Crippen LogP contribution in [0.15, 0.2) is 18.2 Å². The third-order valence-corrected chi connectivity index (χ3v) is 4.11. The van der Waals surface area contributed by atoms with E-state index in [9.17, 15) is 0 Å². The summed E-state index contributed by atoms with van der Waals surface area (Å²) in [7, 11) is 0. The Morgan fingerprint density at radius 2 is 1.90 bits per heavy atom. The predicted octanol–water partition coefficient (Wildman–Crippen LogP) is 4.77. The van der Waals surface area contributed by atoms with Crippen molar-refractivity contribution in [2.75, 3.05) is 26.2 Å². The average Bonchev–Trinajstić information content (AvgIpc) is 2.43. The lowest BCUT2D eigenvalue weighted by Crippen LogP contribution is -2.34. The molecule has 0 spiro atoms. The van der Waals surface area contributed by atoms with Crippen LogP contribution in [0.3, 0.4) is 0 Å². The van der Waals surface area contributed by atoms with E-state index in [2.05, 4.69) is 31.0 Å². The minimum atomic E-state index is 0.292. The highest BCUT2D eigenvalue weighted by Crippen LogP contribution is 2.27. The van der Waals surface area contributed by atoms with Crippen LogP contribution in [-0.4, -0.2) is 31.1 Å². The minimum absolute atomic E-state index is 0.292. The molecule has 1 rings (SSSR count). The molecule has 20 heavy (non-hydrogen) atoms. The quantitative estimate of drug-likeness (QED) is 0.706. The Bertz CT molecular complexity index is 396. The molecule has 0 aliphatic heterocycles. The first kappa shape index (κ1) is 17.8. The van der Waals surface area contributed by atoms with Gasteiger partial charge in [0.2, 0.25) is 0 Å². The third kappa shape index (κ3) is 5.61. The highest BCUT2D eigenvalue weighted by Gasteiger charge is 2.13. The molecule has 1 N–H and O–H groups in total. The summed E-state index contributed by atoms with van der Waals surface area (Å²) in [5, 5.41) is 5.04. The summed E-state index contributed by atoms with van der Waals surface area (Å²) in [5.41, 5.74) is 1.14. The third-order valence-electron chi connectivity index (χ3n) is 3.55. The van der Waals surface area contributed by atoms with Gasteiger partial charge < -0.3 is 10.2 Å². The molecule has 0 saturated heterocycles. The Balaban J connectivity index is 2.54. The van der Waals surface area contributed by atoms with Crippen molar-refractivity contribution >= 4 is 23.2 Å². The first-order valence-electron chi connectivity index (χ1n) is 7.53. The number of rotatable bonds is 9. The van der Waals surface area contributed by atoms with Gasteiger partial charge in [0, 0.05) is 29.2 Å². The van der Waals surface area contributed by atoms with Crippen molar-refractivity contribution in [2.24, 2.45) is 0 Å².